The van der Waals surface area contributed by atoms with Gasteiger partial charge >= 0.3 is 0 Å². The van der Waals surface area contributed by atoms with Crippen LogP contribution in [-0.4, -0.2) is 36.5 Å². The summed E-state index contributed by atoms with van der Waals surface area (Å²) in [6, 6.07) is 0.359. The van der Waals surface area contributed by atoms with E-state index in [0.29, 0.717) is 12.0 Å². The van der Waals surface area contributed by atoms with Crippen molar-refractivity contribution in [3.63, 3.8) is 0 Å². The third-order valence-corrected chi connectivity index (χ3v) is 3.20. The lowest BCUT2D eigenvalue weighted by atomic mass is 9.94. The number of likely N-dealkylation sites (N-methyl/N-ethyl adjacent to an activating group) is 1. The second-order valence-electron chi connectivity index (χ2n) is 4.53. The fraction of sp³-hybridized carbons (Fsp3) is 0.909. The molecule has 1 aliphatic rings. The predicted molar refractivity (Wildman–Crippen MR) is 58.1 cm³/mol. The summed E-state index contributed by atoms with van der Waals surface area (Å²) in [5.41, 5.74) is 0. The lowest BCUT2D eigenvalue weighted by Crippen LogP contribution is -2.51. The summed E-state index contributed by atoms with van der Waals surface area (Å²) < 4.78 is 0. The highest BCUT2D eigenvalue weighted by Crippen LogP contribution is 2.21. The van der Waals surface area contributed by atoms with E-state index in [1.807, 2.05) is 18.9 Å². The zero-order valence-corrected chi connectivity index (χ0v) is 9.71. The second-order valence-corrected chi connectivity index (χ2v) is 4.53. The quantitative estimate of drug-likeness (QED) is 0.724. The molecule has 0 bridgehead atoms. The second kappa shape index (κ2) is 4.78. The van der Waals surface area contributed by atoms with Crippen LogP contribution < -0.4 is 5.32 Å². The summed E-state index contributed by atoms with van der Waals surface area (Å²) >= 11 is 0. The van der Waals surface area contributed by atoms with Crippen molar-refractivity contribution in [1.82, 2.24) is 10.2 Å². The summed E-state index contributed by atoms with van der Waals surface area (Å²) in [5.74, 6) is 0.894. The fourth-order valence-corrected chi connectivity index (χ4v) is 1.97. The van der Waals surface area contributed by atoms with Gasteiger partial charge in [-0.15, -0.1) is 0 Å². The Kier molecular flexibility index (Phi) is 3.93. The molecule has 1 fully saturated rings. The summed E-state index contributed by atoms with van der Waals surface area (Å²) in [6.45, 7) is 7.21. The number of hydrogen-bond acceptors (Lipinski definition) is 2. The molecule has 0 aromatic rings. The molecule has 0 saturated carbocycles. The summed E-state index contributed by atoms with van der Waals surface area (Å²) in [4.78, 5) is 14.0. The lowest BCUT2D eigenvalue weighted by molar-refractivity contribution is -0.137. The zero-order valence-electron chi connectivity index (χ0n) is 9.71. The molecule has 1 heterocycles. The first-order valence-electron chi connectivity index (χ1n) is 5.54. The topological polar surface area (TPSA) is 32.3 Å². The first kappa shape index (κ1) is 11.5. The van der Waals surface area contributed by atoms with Gasteiger partial charge in [-0.1, -0.05) is 6.92 Å². The van der Waals surface area contributed by atoms with E-state index in [9.17, 15) is 4.79 Å². The van der Waals surface area contributed by atoms with Gasteiger partial charge in [0.25, 0.3) is 0 Å². The average molecular weight is 198 g/mol. The van der Waals surface area contributed by atoms with Gasteiger partial charge in [0.2, 0.25) is 5.91 Å². The molecule has 0 spiro atoms. The van der Waals surface area contributed by atoms with Gasteiger partial charge in [0, 0.05) is 12.6 Å². The van der Waals surface area contributed by atoms with E-state index in [4.69, 9.17) is 0 Å². The molecule has 0 radical (unpaired) electrons. The molecule has 3 atom stereocenters. The van der Waals surface area contributed by atoms with Gasteiger partial charge in [-0.05, 0) is 39.7 Å². The van der Waals surface area contributed by atoms with Crippen molar-refractivity contribution in [2.75, 3.05) is 13.6 Å². The van der Waals surface area contributed by atoms with Crippen molar-refractivity contribution >= 4 is 5.91 Å². The Morgan fingerprint density at radius 2 is 2.07 bits per heavy atom. The van der Waals surface area contributed by atoms with Gasteiger partial charge in [0.1, 0.15) is 0 Å². The molecule has 1 N–H and O–H groups in total. The molecule has 3 unspecified atom stereocenters. The molecular formula is C11H22N2O. The lowest BCUT2D eigenvalue weighted by Gasteiger charge is -2.38. The largest absolute Gasteiger partial charge is 0.338 e. The number of likely N-dealkylation sites (tertiary alicyclic amines) is 1. The van der Waals surface area contributed by atoms with E-state index in [1.165, 1.54) is 6.42 Å². The van der Waals surface area contributed by atoms with Crippen molar-refractivity contribution in [2.45, 2.75) is 45.7 Å². The van der Waals surface area contributed by atoms with Crippen LogP contribution in [0.25, 0.3) is 0 Å². The smallest absolute Gasteiger partial charge is 0.239 e. The number of nitrogens with zero attached hydrogens (tertiary/aromatic N) is 1. The van der Waals surface area contributed by atoms with Gasteiger partial charge in [-0.2, -0.15) is 0 Å². The maximum atomic E-state index is 11.9. The molecule has 1 saturated heterocycles. The fourth-order valence-electron chi connectivity index (χ4n) is 1.97. The van der Waals surface area contributed by atoms with E-state index >= 15 is 0 Å². The molecule has 3 heteroatoms. The van der Waals surface area contributed by atoms with Crippen molar-refractivity contribution in [2.24, 2.45) is 5.92 Å². The number of nitrogens with one attached hydrogen (secondary N) is 1. The number of carbonyl (C=O) groups is 1. The van der Waals surface area contributed by atoms with Gasteiger partial charge in [-0.3, -0.25) is 4.79 Å². The molecule has 0 aliphatic carbocycles. The van der Waals surface area contributed by atoms with Crippen molar-refractivity contribution in [3.8, 4) is 0 Å². The number of rotatable bonds is 2. The summed E-state index contributed by atoms with van der Waals surface area (Å²) in [5, 5.41) is 3.01. The number of piperidine rings is 1. The van der Waals surface area contributed by atoms with Crippen LogP contribution in [0.4, 0.5) is 0 Å². The van der Waals surface area contributed by atoms with Crippen LogP contribution in [0, 0.1) is 5.92 Å². The Labute approximate surface area is 86.9 Å². The predicted octanol–water partition coefficient (Wildman–Crippen LogP) is 1.24. The SMILES string of the molecule is CNC(C)C(=O)N1CC(C)CCC1C. The van der Waals surface area contributed by atoms with Crippen LogP contribution in [0.2, 0.25) is 0 Å². The molecule has 0 aromatic carbocycles. The van der Waals surface area contributed by atoms with Gasteiger partial charge in [-0.25, -0.2) is 0 Å². The zero-order chi connectivity index (χ0) is 10.7. The normalized spacial score (nSPS) is 30.1. The molecule has 1 amide bonds. The van der Waals surface area contributed by atoms with E-state index in [-0.39, 0.29) is 11.9 Å². The highest BCUT2D eigenvalue weighted by atomic mass is 16.2. The first-order chi connectivity index (χ1) is 6.56. The van der Waals surface area contributed by atoms with Gasteiger partial charge < -0.3 is 10.2 Å². The van der Waals surface area contributed by atoms with Gasteiger partial charge in [0.15, 0.2) is 0 Å². The number of hydrogen-bond donors (Lipinski definition) is 1. The first-order valence-corrected chi connectivity index (χ1v) is 5.54. The highest BCUT2D eigenvalue weighted by molar-refractivity contribution is 5.81. The van der Waals surface area contributed by atoms with Crippen LogP contribution >= 0.6 is 0 Å². The summed E-state index contributed by atoms with van der Waals surface area (Å²) in [6.07, 6.45) is 2.39. The Balaban J connectivity index is 2.60. The standard InChI is InChI=1S/C11H22N2O/c1-8-5-6-9(2)13(7-8)11(14)10(3)12-4/h8-10,12H,5-7H2,1-4H3. The van der Waals surface area contributed by atoms with Crippen LogP contribution in [0.5, 0.6) is 0 Å². The van der Waals surface area contributed by atoms with Crippen molar-refractivity contribution in [3.05, 3.63) is 0 Å². The molecule has 3 nitrogen and oxygen atoms in total. The van der Waals surface area contributed by atoms with E-state index in [2.05, 4.69) is 19.2 Å². The molecule has 82 valence electrons. The Morgan fingerprint density at radius 1 is 1.43 bits per heavy atom. The van der Waals surface area contributed by atoms with Gasteiger partial charge in [0.05, 0.1) is 6.04 Å². The van der Waals surface area contributed by atoms with Crippen LogP contribution in [0.1, 0.15) is 33.6 Å². The van der Waals surface area contributed by atoms with Crippen LogP contribution in [0.15, 0.2) is 0 Å². The maximum Gasteiger partial charge on any atom is 0.239 e. The number of amides is 1. The minimum Gasteiger partial charge on any atom is -0.338 e. The average Bonchev–Trinajstić information content (AvgIpc) is 2.19. The molecule has 1 aliphatic heterocycles. The third kappa shape index (κ3) is 2.47. The molecular weight excluding hydrogens is 176 g/mol. The molecule has 14 heavy (non-hydrogen) atoms. The highest BCUT2D eigenvalue weighted by Gasteiger charge is 2.28. The van der Waals surface area contributed by atoms with E-state index < -0.39 is 0 Å². The minimum absolute atomic E-state index is 0.0530. The minimum atomic E-state index is -0.0530. The maximum absolute atomic E-state index is 11.9. The number of carbonyl (C=O) groups excluding carboxylic acids is 1. The Hall–Kier alpha value is -0.570. The third-order valence-electron chi connectivity index (χ3n) is 3.20. The Morgan fingerprint density at radius 3 is 2.64 bits per heavy atom. The summed E-state index contributed by atoms with van der Waals surface area (Å²) in [7, 11) is 1.83. The Bertz CT molecular complexity index is 205. The van der Waals surface area contributed by atoms with Crippen LogP contribution in [-0.2, 0) is 4.79 Å². The van der Waals surface area contributed by atoms with Crippen LogP contribution in [0.3, 0.4) is 0 Å². The molecule has 0 aromatic heterocycles. The monoisotopic (exact) mass is 198 g/mol. The van der Waals surface area contributed by atoms with Crippen molar-refractivity contribution < 1.29 is 4.79 Å². The van der Waals surface area contributed by atoms with E-state index in [0.717, 1.165) is 13.0 Å². The van der Waals surface area contributed by atoms with E-state index in [1.54, 1.807) is 0 Å². The van der Waals surface area contributed by atoms with Crippen molar-refractivity contribution in [1.29, 1.82) is 0 Å². The molecule has 1 rings (SSSR count).